The number of carbonyl (C=O) groups excluding carboxylic acids is 4. The molecule has 0 unspecified atom stereocenters. The van der Waals surface area contributed by atoms with E-state index in [1.807, 2.05) is 13.8 Å². The van der Waals surface area contributed by atoms with Crippen molar-refractivity contribution in [3.8, 4) is 0 Å². The zero-order valence-electron chi connectivity index (χ0n) is 19.3. The molecule has 0 atom stereocenters. The van der Waals surface area contributed by atoms with Crippen molar-refractivity contribution < 1.29 is 33.4 Å². The smallest absolute Gasteiger partial charge is 0.334 e. The highest BCUT2D eigenvalue weighted by atomic mass is 16.5. The fourth-order valence-corrected chi connectivity index (χ4v) is 3.78. The van der Waals surface area contributed by atoms with E-state index in [2.05, 4.69) is 0 Å². The molecular formula is C24H31NO7. The Balaban J connectivity index is 2.15. The van der Waals surface area contributed by atoms with Crippen molar-refractivity contribution in [2.45, 2.75) is 46.1 Å². The van der Waals surface area contributed by atoms with Crippen LogP contribution < -0.4 is 0 Å². The van der Waals surface area contributed by atoms with Gasteiger partial charge in [0.2, 0.25) is 0 Å². The molecule has 0 aliphatic carbocycles. The van der Waals surface area contributed by atoms with Crippen molar-refractivity contribution in [2.24, 2.45) is 5.92 Å². The molecule has 1 fully saturated rings. The summed E-state index contributed by atoms with van der Waals surface area (Å²) in [7, 11) is 2.54. The molecule has 0 N–H and O–H groups in total. The number of ether oxygens (including phenoxy) is 3. The summed E-state index contributed by atoms with van der Waals surface area (Å²) in [6.45, 7) is 6.04. The molecule has 0 radical (unpaired) electrons. The Morgan fingerprint density at radius 2 is 1.53 bits per heavy atom. The third-order valence-corrected chi connectivity index (χ3v) is 5.38. The summed E-state index contributed by atoms with van der Waals surface area (Å²) in [6.07, 6.45) is 1.26. The molecule has 2 rings (SSSR count). The van der Waals surface area contributed by atoms with Crippen molar-refractivity contribution in [1.82, 2.24) is 4.90 Å². The fraction of sp³-hybridized carbons (Fsp3) is 0.500. The van der Waals surface area contributed by atoms with Crippen molar-refractivity contribution >= 4 is 23.8 Å². The third-order valence-electron chi connectivity index (χ3n) is 5.38. The lowest BCUT2D eigenvalue weighted by molar-refractivity contribution is -0.148. The lowest BCUT2D eigenvalue weighted by atomic mass is 9.92. The molecule has 0 saturated carbocycles. The summed E-state index contributed by atoms with van der Waals surface area (Å²) >= 11 is 0. The van der Waals surface area contributed by atoms with Crippen LogP contribution in [0, 0.1) is 5.92 Å². The van der Waals surface area contributed by atoms with E-state index in [9.17, 15) is 19.2 Å². The molecular weight excluding hydrogens is 414 g/mol. The van der Waals surface area contributed by atoms with Gasteiger partial charge in [-0.2, -0.15) is 0 Å². The van der Waals surface area contributed by atoms with Crippen LogP contribution >= 0.6 is 0 Å². The minimum Gasteiger partial charge on any atom is -0.466 e. The van der Waals surface area contributed by atoms with Crippen LogP contribution in [0.4, 0.5) is 0 Å². The largest absolute Gasteiger partial charge is 0.466 e. The Bertz CT molecular complexity index is 878. The third kappa shape index (κ3) is 6.42. The molecule has 1 amide bonds. The van der Waals surface area contributed by atoms with Crippen LogP contribution in [-0.2, 0) is 35.0 Å². The van der Waals surface area contributed by atoms with E-state index in [1.54, 1.807) is 29.2 Å². The Labute approximate surface area is 188 Å². The first kappa shape index (κ1) is 25.1. The SMILES string of the molecule is COC(=O)C(Cc1ccc(C(=O)N2CCC(OC(C)=O)CC2)cc1)=C(C(=O)OC)C(C)C. The van der Waals surface area contributed by atoms with Crippen molar-refractivity contribution in [2.75, 3.05) is 27.3 Å². The zero-order valence-corrected chi connectivity index (χ0v) is 19.3. The number of rotatable bonds is 7. The number of esters is 3. The van der Waals surface area contributed by atoms with E-state index in [4.69, 9.17) is 14.2 Å². The van der Waals surface area contributed by atoms with Gasteiger partial charge in [-0.1, -0.05) is 26.0 Å². The highest BCUT2D eigenvalue weighted by Crippen LogP contribution is 2.23. The van der Waals surface area contributed by atoms with Crippen LogP contribution in [0.2, 0.25) is 0 Å². The molecule has 0 aromatic heterocycles. The summed E-state index contributed by atoms with van der Waals surface area (Å²) in [5.74, 6) is -1.79. The predicted molar refractivity (Wildman–Crippen MR) is 117 cm³/mol. The van der Waals surface area contributed by atoms with Crippen LogP contribution in [0.5, 0.6) is 0 Å². The molecule has 1 aliphatic heterocycles. The second kappa shape index (κ2) is 11.5. The second-order valence-corrected chi connectivity index (χ2v) is 8.00. The van der Waals surface area contributed by atoms with Gasteiger partial charge in [-0.15, -0.1) is 0 Å². The van der Waals surface area contributed by atoms with Crippen molar-refractivity contribution in [3.05, 3.63) is 46.5 Å². The molecule has 1 aromatic rings. The van der Waals surface area contributed by atoms with Gasteiger partial charge in [0.25, 0.3) is 5.91 Å². The maximum atomic E-state index is 12.8. The summed E-state index contributed by atoms with van der Waals surface area (Å²) in [6, 6.07) is 6.93. The van der Waals surface area contributed by atoms with E-state index in [0.29, 0.717) is 31.5 Å². The van der Waals surface area contributed by atoms with Crippen LogP contribution in [0.25, 0.3) is 0 Å². The molecule has 1 aliphatic rings. The standard InChI is InChI=1S/C24H31NO7/c1-15(2)21(24(29)31-5)20(23(28)30-4)14-17-6-8-18(9-7-17)22(27)25-12-10-19(11-13-25)32-16(3)26/h6-9,15,19H,10-14H2,1-5H3. The molecule has 0 spiro atoms. The summed E-state index contributed by atoms with van der Waals surface area (Å²) < 4.78 is 15.0. The van der Waals surface area contributed by atoms with Crippen molar-refractivity contribution in [1.29, 1.82) is 0 Å². The van der Waals surface area contributed by atoms with Crippen LogP contribution in [-0.4, -0.2) is 62.1 Å². The molecule has 32 heavy (non-hydrogen) atoms. The van der Waals surface area contributed by atoms with E-state index >= 15 is 0 Å². The van der Waals surface area contributed by atoms with E-state index < -0.39 is 11.9 Å². The summed E-state index contributed by atoms with van der Waals surface area (Å²) in [4.78, 5) is 50.3. The Kier molecular flexibility index (Phi) is 8.99. The average molecular weight is 446 g/mol. The quantitative estimate of drug-likeness (QED) is 0.361. The highest BCUT2D eigenvalue weighted by Gasteiger charge is 2.27. The second-order valence-electron chi connectivity index (χ2n) is 8.00. The predicted octanol–water partition coefficient (Wildman–Crippen LogP) is 2.70. The number of amides is 1. The molecule has 0 bridgehead atoms. The first-order chi connectivity index (χ1) is 15.2. The Morgan fingerprint density at radius 1 is 0.969 bits per heavy atom. The Morgan fingerprint density at radius 3 is 2.00 bits per heavy atom. The molecule has 1 saturated heterocycles. The number of benzene rings is 1. The van der Waals surface area contributed by atoms with Gasteiger partial charge in [0.15, 0.2) is 0 Å². The number of piperidine rings is 1. The number of nitrogens with zero attached hydrogens (tertiary/aromatic N) is 1. The average Bonchev–Trinajstić information content (AvgIpc) is 2.77. The van der Waals surface area contributed by atoms with Gasteiger partial charge in [0.05, 0.1) is 25.4 Å². The molecule has 1 heterocycles. The minimum absolute atomic E-state index is 0.0982. The first-order valence-corrected chi connectivity index (χ1v) is 10.6. The fourth-order valence-electron chi connectivity index (χ4n) is 3.78. The summed E-state index contributed by atoms with van der Waals surface area (Å²) in [5, 5.41) is 0. The monoisotopic (exact) mass is 445 g/mol. The molecule has 174 valence electrons. The lowest BCUT2D eigenvalue weighted by Gasteiger charge is -2.31. The number of hydrogen-bond acceptors (Lipinski definition) is 7. The van der Waals surface area contributed by atoms with Gasteiger partial charge in [-0.25, -0.2) is 9.59 Å². The maximum Gasteiger partial charge on any atom is 0.334 e. The lowest BCUT2D eigenvalue weighted by Crippen LogP contribution is -2.41. The molecule has 8 nitrogen and oxygen atoms in total. The van der Waals surface area contributed by atoms with Crippen LogP contribution in [0.1, 0.15) is 49.5 Å². The normalized spacial score (nSPS) is 15.1. The highest BCUT2D eigenvalue weighted by molar-refractivity contribution is 6.01. The minimum atomic E-state index is -0.588. The maximum absolute atomic E-state index is 12.8. The van der Waals surface area contributed by atoms with Crippen molar-refractivity contribution in [3.63, 3.8) is 0 Å². The zero-order chi connectivity index (χ0) is 23.8. The first-order valence-electron chi connectivity index (χ1n) is 10.6. The number of carbonyl (C=O) groups is 4. The van der Waals surface area contributed by atoms with Gasteiger partial charge in [0, 0.05) is 44.8 Å². The topological polar surface area (TPSA) is 99.2 Å². The number of hydrogen-bond donors (Lipinski definition) is 0. The van der Waals surface area contributed by atoms with Gasteiger partial charge in [-0.05, 0) is 23.6 Å². The molecule has 1 aromatic carbocycles. The van der Waals surface area contributed by atoms with Crippen LogP contribution in [0.3, 0.4) is 0 Å². The van der Waals surface area contributed by atoms with E-state index in [0.717, 1.165) is 5.56 Å². The molecule has 8 heteroatoms. The van der Waals surface area contributed by atoms with Gasteiger partial charge in [0.1, 0.15) is 6.10 Å². The summed E-state index contributed by atoms with van der Waals surface area (Å²) in [5.41, 5.74) is 1.80. The van der Waals surface area contributed by atoms with E-state index in [-0.39, 0.29) is 41.5 Å². The van der Waals surface area contributed by atoms with Gasteiger partial charge in [-0.3, -0.25) is 9.59 Å². The van der Waals surface area contributed by atoms with Gasteiger partial charge < -0.3 is 19.1 Å². The van der Waals surface area contributed by atoms with Crippen LogP contribution in [0.15, 0.2) is 35.4 Å². The number of likely N-dealkylation sites (tertiary alicyclic amines) is 1. The van der Waals surface area contributed by atoms with Gasteiger partial charge >= 0.3 is 17.9 Å². The number of methoxy groups -OCH3 is 2. The van der Waals surface area contributed by atoms with E-state index in [1.165, 1.54) is 21.1 Å². The Hall–Kier alpha value is -3.16.